The van der Waals surface area contributed by atoms with Gasteiger partial charge in [-0.25, -0.2) is 0 Å². The van der Waals surface area contributed by atoms with Crippen molar-refractivity contribution in [3.05, 3.63) is 58.2 Å². The standard InChI is InChI=1S/C30H46O5/c1-21(2)10-7-11-22(3)12-8-13-23(4)18-25-19-30(28(33)35-25)27(14-9-17-31)26(24(5)20-32)15-16-29(30,6)34/h8,10,12-13,18,20,25,27-28,31,33-34H,7,9,11,14-17,19H2,1-6H3/b13-8+,22-12+,23-18+,26-24-/t25-,27+,28+,29-,30-/m0/s1. The third kappa shape index (κ3) is 7.13. The molecular formula is C30H46O5. The lowest BCUT2D eigenvalue weighted by molar-refractivity contribution is -0.219. The Morgan fingerprint density at radius 2 is 1.91 bits per heavy atom. The number of allylic oxidation sites excluding steroid dienone is 9. The first kappa shape index (κ1) is 29.4. The Bertz CT molecular complexity index is 884. The molecule has 1 saturated carbocycles. The van der Waals surface area contributed by atoms with Gasteiger partial charge >= 0.3 is 0 Å². The fourth-order valence-electron chi connectivity index (χ4n) is 5.80. The molecule has 0 amide bonds. The molecule has 1 spiro atoms. The predicted molar refractivity (Wildman–Crippen MR) is 142 cm³/mol. The fraction of sp³-hybridized carbons (Fsp3) is 0.633. The van der Waals surface area contributed by atoms with Crippen LogP contribution in [0.15, 0.2) is 58.2 Å². The molecule has 0 aromatic carbocycles. The average Bonchev–Trinajstić information content (AvgIpc) is 3.10. The summed E-state index contributed by atoms with van der Waals surface area (Å²) in [5.74, 6) is -0.237. The smallest absolute Gasteiger partial charge is 0.164 e. The van der Waals surface area contributed by atoms with E-state index in [-0.39, 0.29) is 18.6 Å². The van der Waals surface area contributed by atoms with Crippen molar-refractivity contribution in [2.45, 2.75) is 104 Å². The molecule has 1 aliphatic carbocycles. The molecule has 5 atom stereocenters. The van der Waals surface area contributed by atoms with Crippen molar-refractivity contribution < 1.29 is 24.9 Å². The molecule has 5 heteroatoms. The topological polar surface area (TPSA) is 87.0 Å². The molecule has 2 aliphatic rings. The van der Waals surface area contributed by atoms with Gasteiger partial charge in [0.2, 0.25) is 0 Å². The highest BCUT2D eigenvalue weighted by Crippen LogP contribution is 2.60. The molecule has 0 unspecified atom stereocenters. The van der Waals surface area contributed by atoms with Crippen LogP contribution in [0, 0.1) is 11.3 Å². The van der Waals surface area contributed by atoms with Crippen LogP contribution in [0.25, 0.3) is 0 Å². The van der Waals surface area contributed by atoms with Crippen molar-refractivity contribution in [3.63, 3.8) is 0 Å². The Morgan fingerprint density at radius 1 is 1.20 bits per heavy atom. The van der Waals surface area contributed by atoms with E-state index in [1.807, 2.05) is 25.2 Å². The van der Waals surface area contributed by atoms with E-state index in [1.165, 1.54) is 11.1 Å². The maximum atomic E-state index is 11.6. The van der Waals surface area contributed by atoms with Gasteiger partial charge in [-0.1, -0.05) is 52.7 Å². The number of aldehydes is 1. The number of aliphatic hydroxyl groups is 3. The molecule has 2 rings (SSSR count). The molecule has 1 aliphatic heterocycles. The molecule has 0 bridgehead atoms. The number of ether oxygens (including phenoxy) is 1. The van der Waals surface area contributed by atoms with Crippen molar-refractivity contribution in [3.8, 4) is 0 Å². The van der Waals surface area contributed by atoms with E-state index in [0.717, 1.165) is 30.3 Å². The summed E-state index contributed by atoms with van der Waals surface area (Å²) in [6.07, 6.45) is 14.5. The lowest BCUT2D eigenvalue weighted by Gasteiger charge is -2.53. The van der Waals surface area contributed by atoms with Gasteiger partial charge in [0.1, 0.15) is 6.29 Å². The van der Waals surface area contributed by atoms with Crippen LogP contribution in [0.1, 0.15) is 86.5 Å². The maximum absolute atomic E-state index is 11.6. The molecular weight excluding hydrogens is 440 g/mol. The van der Waals surface area contributed by atoms with Crippen molar-refractivity contribution in [2.24, 2.45) is 11.3 Å². The van der Waals surface area contributed by atoms with E-state index in [4.69, 9.17) is 4.74 Å². The van der Waals surface area contributed by atoms with Gasteiger partial charge < -0.3 is 20.1 Å². The highest BCUT2D eigenvalue weighted by molar-refractivity contribution is 5.74. The van der Waals surface area contributed by atoms with E-state index < -0.39 is 17.3 Å². The van der Waals surface area contributed by atoms with Crippen LogP contribution < -0.4 is 0 Å². The Hall–Kier alpha value is -1.79. The molecule has 2 fully saturated rings. The Morgan fingerprint density at radius 3 is 2.54 bits per heavy atom. The average molecular weight is 487 g/mol. The first-order valence-corrected chi connectivity index (χ1v) is 13.0. The lowest BCUT2D eigenvalue weighted by atomic mass is 9.53. The number of hydrogen-bond acceptors (Lipinski definition) is 5. The van der Waals surface area contributed by atoms with E-state index in [0.29, 0.717) is 37.7 Å². The number of aliphatic hydroxyl groups excluding tert-OH is 2. The Labute approximate surface area is 212 Å². The van der Waals surface area contributed by atoms with Crippen LogP contribution in [0.5, 0.6) is 0 Å². The van der Waals surface area contributed by atoms with Crippen LogP contribution in [0.4, 0.5) is 0 Å². The van der Waals surface area contributed by atoms with Gasteiger partial charge in [0.15, 0.2) is 6.29 Å². The van der Waals surface area contributed by atoms with Crippen LogP contribution >= 0.6 is 0 Å². The quantitative estimate of drug-likeness (QED) is 0.159. The summed E-state index contributed by atoms with van der Waals surface area (Å²) in [4.78, 5) is 11.6. The van der Waals surface area contributed by atoms with Gasteiger partial charge in [-0.15, -0.1) is 0 Å². The van der Waals surface area contributed by atoms with E-state index in [2.05, 4.69) is 32.9 Å². The molecule has 0 aromatic heterocycles. The van der Waals surface area contributed by atoms with Gasteiger partial charge in [-0.05, 0) is 98.0 Å². The first-order valence-electron chi connectivity index (χ1n) is 13.0. The van der Waals surface area contributed by atoms with Crippen molar-refractivity contribution >= 4 is 6.29 Å². The highest BCUT2D eigenvalue weighted by Gasteiger charge is 2.64. The zero-order valence-electron chi connectivity index (χ0n) is 22.5. The van der Waals surface area contributed by atoms with Crippen LogP contribution in [-0.2, 0) is 9.53 Å². The van der Waals surface area contributed by atoms with E-state index in [1.54, 1.807) is 13.8 Å². The summed E-state index contributed by atoms with van der Waals surface area (Å²) in [7, 11) is 0. The summed E-state index contributed by atoms with van der Waals surface area (Å²) < 4.78 is 6.03. The number of rotatable bonds is 10. The molecule has 196 valence electrons. The molecule has 35 heavy (non-hydrogen) atoms. The SMILES string of the molecule is CC(C)=CCC/C(C)=C/C=C/C(C)=C/[C@H]1C[C@@]2([C@H](O)O1)[C@H](CCCO)/C(=C(/C)C=O)CC[C@]2(C)O. The largest absolute Gasteiger partial charge is 0.396 e. The van der Waals surface area contributed by atoms with Gasteiger partial charge in [0.05, 0.1) is 17.1 Å². The van der Waals surface area contributed by atoms with Gasteiger partial charge in [0.25, 0.3) is 0 Å². The third-order valence-corrected chi connectivity index (χ3v) is 7.82. The summed E-state index contributed by atoms with van der Waals surface area (Å²) in [5.41, 5.74) is 3.20. The molecule has 0 aromatic rings. The summed E-state index contributed by atoms with van der Waals surface area (Å²) in [6, 6.07) is 0. The van der Waals surface area contributed by atoms with Gasteiger partial charge in [-0.3, -0.25) is 4.79 Å². The van der Waals surface area contributed by atoms with Crippen LogP contribution in [0.2, 0.25) is 0 Å². The summed E-state index contributed by atoms with van der Waals surface area (Å²) in [6.45, 7) is 12.0. The number of carbonyl (C=O) groups is 1. The van der Waals surface area contributed by atoms with Crippen LogP contribution in [-0.4, -0.2) is 46.2 Å². The van der Waals surface area contributed by atoms with Crippen molar-refractivity contribution in [1.82, 2.24) is 0 Å². The maximum Gasteiger partial charge on any atom is 0.164 e. The molecule has 1 saturated heterocycles. The zero-order valence-corrected chi connectivity index (χ0v) is 22.5. The minimum atomic E-state index is -1.16. The molecule has 1 heterocycles. The second-order valence-electron chi connectivity index (χ2n) is 10.9. The molecule has 5 nitrogen and oxygen atoms in total. The molecule has 0 radical (unpaired) electrons. The number of hydrogen-bond donors (Lipinski definition) is 3. The second kappa shape index (κ2) is 13.0. The summed E-state index contributed by atoms with van der Waals surface area (Å²) >= 11 is 0. The third-order valence-electron chi connectivity index (χ3n) is 7.82. The normalized spacial score (nSPS) is 33.5. The van der Waals surface area contributed by atoms with E-state index >= 15 is 0 Å². The van der Waals surface area contributed by atoms with Gasteiger partial charge in [0, 0.05) is 6.61 Å². The minimum Gasteiger partial charge on any atom is -0.396 e. The highest BCUT2D eigenvalue weighted by atomic mass is 16.6. The Balaban J connectivity index is 2.26. The minimum absolute atomic E-state index is 0.0214. The molecule has 3 N–H and O–H groups in total. The predicted octanol–water partition coefficient (Wildman–Crippen LogP) is 5.72. The second-order valence-corrected chi connectivity index (χ2v) is 10.9. The van der Waals surface area contributed by atoms with E-state index in [9.17, 15) is 20.1 Å². The van der Waals surface area contributed by atoms with Gasteiger partial charge in [-0.2, -0.15) is 0 Å². The Kier molecular flexibility index (Phi) is 10.9. The van der Waals surface area contributed by atoms with Crippen LogP contribution in [0.3, 0.4) is 0 Å². The lowest BCUT2D eigenvalue weighted by Crippen LogP contribution is -2.58. The monoisotopic (exact) mass is 486 g/mol. The van der Waals surface area contributed by atoms with Crippen molar-refractivity contribution in [2.75, 3.05) is 6.61 Å². The first-order chi connectivity index (χ1) is 16.5. The van der Waals surface area contributed by atoms with Crippen molar-refractivity contribution in [1.29, 1.82) is 0 Å². The number of carbonyl (C=O) groups excluding carboxylic acids is 1. The fourth-order valence-corrected chi connectivity index (χ4v) is 5.80. The summed E-state index contributed by atoms with van der Waals surface area (Å²) in [5, 5.41) is 32.3. The zero-order chi connectivity index (χ0) is 26.2.